The van der Waals surface area contributed by atoms with Crippen molar-refractivity contribution in [2.45, 2.75) is 32.7 Å². The maximum absolute atomic E-state index is 9.36. The van der Waals surface area contributed by atoms with E-state index in [4.69, 9.17) is 4.42 Å². The third-order valence-corrected chi connectivity index (χ3v) is 4.45. The summed E-state index contributed by atoms with van der Waals surface area (Å²) in [6.45, 7) is 6.30. The van der Waals surface area contributed by atoms with E-state index >= 15 is 0 Å². The molecule has 1 aromatic heterocycles. The highest BCUT2D eigenvalue weighted by atomic mass is 16.4. The van der Waals surface area contributed by atoms with E-state index < -0.39 is 0 Å². The fraction of sp³-hybridized carbons (Fsp3) is 0.529. The molecule has 1 fully saturated rings. The van der Waals surface area contributed by atoms with Gasteiger partial charge in [-0.05, 0) is 51.3 Å². The lowest BCUT2D eigenvalue weighted by Crippen LogP contribution is -2.38. The molecule has 1 N–H and O–H groups in total. The number of aromatic nitrogens is 2. The maximum atomic E-state index is 9.36. The van der Waals surface area contributed by atoms with Crippen molar-refractivity contribution in [2.24, 2.45) is 5.92 Å². The second-order valence-corrected chi connectivity index (χ2v) is 6.17. The van der Waals surface area contributed by atoms with Crippen LogP contribution in [0.25, 0.3) is 11.5 Å². The summed E-state index contributed by atoms with van der Waals surface area (Å²) in [7, 11) is 0. The number of hydrogen-bond acceptors (Lipinski definition) is 5. The number of benzene rings is 1. The molecule has 0 saturated carbocycles. The zero-order valence-electron chi connectivity index (χ0n) is 13.2. The van der Waals surface area contributed by atoms with Crippen molar-refractivity contribution in [3.05, 3.63) is 35.7 Å². The van der Waals surface area contributed by atoms with E-state index in [-0.39, 0.29) is 12.6 Å². The quantitative estimate of drug-likeness (QED) is 0.941. The molecule has 5 nitrogen and oxygen atoms in total. The Kier molecular flexibility index (Phi) is 4.55. The van der Waals surface area contributed by atoms with Crippen LogP contribution in [0.15, 0.2) is 28.7 Å². The SMILES string of the molecule is Cc1ccc(-c2nnc(C(C)N3CCCC(CO)C3)o2)cc1. The van der Waals surface area contributed by atoms with Gasteiger partial charge in [-0.2, -0.15) is 0 Å². The van der Waals surface area contributed by atoms with Gasteiger partial charge < -0.3 is 9.52 Å². The third-order valence-electron chi connectivity index (χ3n) is 4.45. The van der Waals surface area contributed by atoms with Crippen molar-refractivity contribution in [2.75, 3.05) is 19.7 Å². The molecule has 3 rings (SSSR count). The van der Waals surface area contributed by atoms with Crippen molar-refractivity contribution in [1.82, 2.24) is 15.1 Å². The summed E-state index contributed by atoms with van der Waals surface area (Å²) in [6.07, 6.45) is 2.20. The van der Waals surface area contributed by atoms with Crippen molar-refractivity contribution in [3.8, 4) is 11.5 Å². The molecule has 0 aliphatic carbocycles. The van der Waals surface area contributed by atoms with Crippen molar-refractivity contribution >= 4 is 0 Å². The van der Waals surface area contributed by atoms with Crippen LogP contribution in [0.1, 0.15) is 37.3 Å². The predicted octanol–water partition coefficient (Wildman–Crippen LogP) is 2.81. The van der Waals surface area contributed by atoms with Crippen LogP contribution < -0.4 is 0 Å². The van der Waals surface area contributed by atoms with Gasteiger partial charge in [0.1, 0.15) is 0 Å². The fourth-order valence-corrected chi connectivity index (χ4v) is 2.97. The zero-order chi connectivity index (χ0) is 15.5. The average molecular weight is 301 g/mol. The van der Waals surface area contributed by atoms with Gasteiger partial charge in [0.15, 0.2) is 0 Å². The summed E-state index contributed by atoms with van der Waals surface area (Å²) in [4.78, 5) is 2.32. The standard InChI is InChI=1S/C17H23N3O2/c1-12-5-7-15(8-6-12)17-19-18-16(22-17)13(2)20-9-3-4-14(10-20)11-21/h5-8,13-14,21H,3-4,9-11H2,1-2H3. The minimum atomic E-state index is 0.0843. The first-order valence-corrected chi connectivity index (χ1v) is 7.92. The Morgan fingerprint density at radius 2 is 2.09 bits per heavy atom. The number of likely N-dealkylation sites (tertiary alicyclic amines) is 1. The van der Waals surface area contributed by atoms with Crippen molar-refractivity contribution in [3.63, 3.8) is 0 Å². The average Bonchev–Trinajstić information content (AvgIpc) is 3.05. The van der Waals surface area contributed by atoms with E-state index in [2.05, 4.69) is 28.9 Å². The number of aliphatic hydroxyl groups excluding tert-OH is 1. The van der Waals surface area contributed by atoms with Crippen LogP contribution in [0, 0.1) is 12.8 Å². The van der Waals surface area contributed by atoms with Gasteiger partial charge >= 0.3 is 0 Å². The summed E-state index contributed by atoms with van der Waals surface area (Å²) in [6, 6.07) is 8.17. The Hall–Kier alpha value is -1.72. The fourth-order valence-electron chi connectivity index (χ4n) is 2.97. The van der Waals surface area contributed by atoms with Gasteiger partial charge in [-0.3, -0.25) is 4.90 Å². The van der Waals surface area contributed by atoms with Crippen LogP contribution in [-0.4, -0.2) is 39.9 Å². The summed E-state index contributed by atoms with van der Waals surface area (Å²) in [5.41, 5.74) is 2.16. The molecule has 1 saturated heterocycles. The highest BCUT2D eigenvalue weighted by Crippen LogP contribution is 2.27. The second-order valence-electron chi connectivity index (χ2n) is 6.17. The van der Waals surface area contributed by atoms with E-state index in [1.54, 1.807) is 0 Å². The highest BCUT2D eigenvalue weighted by Gasteiger charge is 2.27. The molecule has 1 aliphatic heterocycles. The summed E-state index contributed by atoms with van der Waals surface area (Å²) < 4.78 is 5.87. The molecule has 2 aromatic rings. The van der Waals surface area contributed by atoms with E-state index in [9.17, 15) is 5.11 Å². The van der Waals surface area contributed by atoms with Gasteiger partial charge in [0.25, 0.3) is 0 Å². The molecule has 0 amide bonds. The van der Waals surface area contributed by atoms with Gasteiger partial charge in [-0.15, -0.1) is 10.2 Å². The summed E-state index contributed by atoms with van der Waals surface area (Å²) in [5, 5.41) is 17.8. The zero-order valence-corrected chi connectivity index (χ0v) is 13.2. The number of rotatable bonds is 4. The van der Waals surface area contributed by atoms with Gasteiger partial charge in [0.2, 0.25) is 11.8 Å². The Morgan fingerprint density at radius 1 is 1.32 bits per heavy atom. The normalized spacial score (nSPS) is 21.0. The highest BCUT2D eigenvalue weighted by molar-refractivity contribution is 5.52. The van der Waals surface area contributed by atoms with E-state index in [1.165, 1.54) is 5.56 Å². The van der Waals surface area contributed by atoms with E-state index in [0.29, 0.717) is 17.7 Å². The molecule has 0 radical (unpaired) electrons. The Bertz CT molecular complexity index is 609. The van der Waals surface area contributed by atoms with Crippen molar-refractivity contribution < 1.29 is 9.52 Å². The van der Waals surface area contributed by atoms with Crippen LogP contribution in [0.3, 0.4) is 0 Å². The molecule has 0 bridgehead atoms. The Labute approximate surface area is 131 Å². The molecule has 2 heterocycles. The molecule has 118 valence electrons. The molecule has 5 heteroatoms. The number of piperidine rings is 1. The largest absolute Gasteiger partial charge is 0.419 e. The van der Waals surface area contributed by atoms with Gasteiger partial charge in [-0.25, -0.2) is 0 Å². The molecule has 1 aliphatic rings. The Morgan fingerprint density at radius 3 is 2.82 bits per heavy atom. The third kappa shape index (κ3) is 3.20. The van der Waals surface area contributed by atoms with Crippen LogP contribution in [0.2, 0.25) is 0 Å². The topological polar surface area (TPSA) is 62.4 Å². The molecular weight excluding hydrogens is 278 g/mol. The van der Waals surface area contributed by atoms with Gasteiger partial charge in [-0.1, -0.05) is 17.7 Å². The molecule has 2 atom stereocenters. The van der Waals surface area contributed by atoms with Crippen LogP contribution in [-0.2, 0) is 0 Å². The second kappa shape index (κ2) is 6.58. The molecule has 22 heavy (non-hydrogen) atoms. The minimum absolute atomic E-state index is 0.0843. The Balaban J connectivity index is 1.74. The number of aryl methyl sites for hydroxylation is 1. The first-order chi connectivity index (χ1) is 10.7. The van der Waals surface area contributed by atoms with E-state index in [0.717, 1.165) is 31.5 Å². The summed E-state index contributed by atoms with van der Waals surface area (Å²) in [5.74, 6) is 1.57. The van der Waals surface area contributed by atoms with Gasteiger partial charge in [0.05, 0.1) is 6.04 Å². The lowest BCUT2D eigenvalue weighted by atomic mass is 9.98. The number of nitrogens with zero attached hydrogens (tertiary/aromatic N) is 3. The predicted molar refractivity (Wildman–Crippen MR) is 84.3 cm³/mol. The molecule has 2 unspecified atom stereocenters. The lowest BCUT2D eigenvalue weighted by molar-refractivity contribution is 0.0839. The smallest absolute Gasteiger partial charge is 0.247 e. The summed E-state index contributed by atoms with van der Waals surface area (Å²) >= 11 is 0. The molecule has 1 aromatic carbocycles. The van der Waals surface area contributed by atoms with Gasteiger partial charge in [0, 0.05) is 18.7 Å². The van der Waals surface area contributed by atoms with Crippen LogP contribution in [0.5, 0.6) is 0 Å². The monoisotopic (exact) mass is 301 g/mol. The maximum Gasteiger partial charge on any atom is 0.247 e. The molecular formula is C17H23N3O2. The number of aliphatic hydroxyl groups is 1. The number of hydrogen-bond donors (Lipinski definition) is 1. The van der Waals surface area contributed by atoms with E-state index in [1.807, 2.05) is 24.3 Å². The minimum Gasteiger partial charge on any atom is -0.419 e. The van der Waals surface area contributed by atoms with Crippen LogP contribution >= 0.6 is 0 Å². The molecule has 0 spiro atoms. The lowest BCUT2D eigenvalue weighted by Gasteiger charge is -2.34. The van der Waals surface area contributed by atoms with Crippen molar-refractivity contribution in [1.29, 1.82) is 0 Å². The van der Waals surface area contributed by atoms with Crippen LogP contribution in [0.4, 0.5) is 0 Å². The first kappa shape index (κ1) is 15.2. The first-order valence-electron chi connectivity index (χ1n) is 7.92.